The summed E-state index contributed by atoms with van der Waals surface area (Å²) >= 11 is 0. The van der Waals surface area contributed by atoms with Gasteiger partial charge in [0.2, 0.25) is 11.8 Å². The van der Waals surface area contributed by atoms with Crippen LogP contribution in [0.2, 0.25) is 0 Å². The van der Waals surface area contributed by atoms with Crippen LogP contribution in [0.4, 0.5) is 5.69 Å². The lowest BCUT2D eigenvalue weighted by atomic mass is 9.94. The molecular formula is C18H17N3O2. The monoisotopic (exact) mass is 307 g/mol. The van der Waals surface area contributed by atoms with Crippen LogP contribution in [0.15, 0.2) is 48.8 Å². The maximum Gasteiger partial charge on any atom is 0.238 e. The number of nitrogens with zero attached hydrogens (tertiary/aromatic N) is 2. The van der Waals surface area contributed by atoms with E-state index in [2.05, 4.69) is 10.3 Å². The van der Waals surface area contributed by atoms with E-state index in [-0.39, 0.29) is 17.7 Å². The van der Waals surface area contributed by atoms with Gasteiger partial charge in [-0.3, -0.25) is 14.6 Å². The number of hydrogen-bond donors (Lipinski definition) is 1. The van der Waals surface area contributed by atoms with Crippen LogP contribution < -0.4 is 10.2 Å². The van der Waals surface area contributed by atoms with E-state index in [0.717, 1.165) is 16.8 Å². The van der Waals surface area contributed by atoms with E-state index < -0.39 is 5.41 Å². The number of amides is 2. The third-order valence-corrected chi connectivity index (χ3v) is 4.90. The molecule has 2 aliphatic rings. The predicted octanol–water partition coefficient (Wildman–Crippen LogP) is 1.63. The Bertz CT molecular complexity index is 790. The standard InChI is InChI=1S/C18H17N3O2/c1-21-15-7-3-2-6-13(15)18(17(21)23)9-14(18)16(22)20-11-12-5-4-8-19-10-12/h2-8,10,14H,9,11H2,1H3,(H,20,22)/t14-,18+/m0/s1. The van der Waals surface area contributed by atoms with Gasteiger partial charge in [0, 0.05) is 31.7 Å². The van der Waals surface area contributed by atoms with Crippen molar-refractivity contribution in [3.8, 4) is 0 Å². The summed E-state index contributed by atoms with van der Waals surface area (Å²) in [6.07, 6.45) is 4.02. The highest BCUT2D eigenvalue weighted by molar-refractivity contribution is 6.13. The molecule has 1 aromatic heterocycles. The molecule has 0 radical (unpaired) electrons. The first kappa shape index (κ1) is 13.9. The molecule has 0 unspecified atom stereocenters. The van der Waals surface area contributed by atoms with Gasteiger partial charge in [-0.25, -0.2) is 0 Å². The fourth-order valence-corrected chi connectivity index (χ4v) is 3.60. The average molecular weight is 307 g/mol. The minimum absolute atomic E-state index is 0.0280. The summed E-state index contributed by atoms with van der Waals surface area (Å²) in [4.78, 5) is 30.9. The van der Waals surface area contributed by atoms with Gasteiger partial charge in [0.05, 0.1) is 11.3 Å². The lowest BCUT2D eigenvalue weighted by Gasteiger charge is -2.11. The van der Waals surface area contributed by atoms with Crippen molar-refractivity contribution in [2.75, 3.05) is 11.9 Å². The Morgan fingerprint density at radius 1 is 1.35 bits per heavy atom. The second-order valence-corrected chi connectivity index (χ2v) is 6.19. The van der Waals surface area contributed by atoms with Crippen LogP contribution in [0.1, 0.15) is 17.5 Å². The van der Waals surface area contributed by atoms with Crippen LogP contribution in [0, 0.1) is 5.92 Å². The number of likely N-dealkylation sites (N-methyl/N-ethyl adjacent to an activating group) is 1. The number of hydrogen-bond acceptors (Lipinski definition) is 3. The number of fused-ring (bicyclic) bond motifs is 2. The maximum absolute atomic E-state index is 12.7. The molecule has 0 saturated heterocycles. The van der Waals surface area contributed by atoms with Crippen LogP contribution in [-0.4, -0.2) is 23.8 Å². The highest BCUT2D eigenvalue weighted by Crippen LogP contribution is 2.61. The average Bonchev–Trinajstić information content (AvgIpc) is 3.32. The first-order valence-corrected chi connectivity index (χ1v) is 7.69. The Morgan fingerprint density at radius 2 is 2.17 bits per heavy atom. The van der Waals surface area contributed by atoms with Crippen molar-refractivity contribution in [1.29, 1.82) is 0 Å². The van der Waals surface area contributed by atoms with E-state index >= 15 is 0 Å². The number of nitrogens with one attached hydrogen (secondary N) is 1. The number of anilines is 1. The Labute approximate surface area is 134 Å². The minimum Gasteiger partial charge on any atom is -0.352 e. The summed E-state index contributed by atoms with van der Waals surface area (Å²) in [5.41, 5.74) is 2.20. The van der Waals surface area contributed by atoms with E-state index in [0.29, 0.717) is 13.0 Å². The quantitative estimate of drug-likeness (QED) is 0.937. The summed E-state index contributed by atoms with van der Waals surface area (Å²) in [5.74, 6) is -0.315. The van der Waals surface area contributed by atoms with Crippen molar-refractivity contribution < 1.29 is 9.59 Å². The third kappa shape index (κ3) is 1.96. The molecule has 23 heavy (non-hydrogen) atoms. The molecule has 1 fully saturated rings. The van der Waals surface area contributed by atoms with Gasteiger partial charge in [-0.2, -0.15) is 0 Å². The summed E-state index contributed by atoms with van der Waals surface area (Å²) in [7, 11) is 1.78. The van der Waals surface area contributed by atoms with Gasteiger partial charge in [0.1, 0.15) is 0 Å². The van der Waals surface area contributed by atoms with Gasteiger partial charge in [0.15, 0.2) is 0 Å². The summed E-state index contributed by atoms with van der Waals surface area (Å²) in [5, 5.41) is 2.93. The molecule has 2 atom stereocenters. The van der Waals surface area contributed by atoms with E-state index in [1.54, 1.807) is 24.3 Å². The molecule has 0 bridgehead atoms. The van der Waals surface area contributed by atoms with Crippen LogP contribution in [0.5, 0.6) is 0 Å². The van der Waals surface area contributed by atoms with Crippen LogP contribution >= 0.6 is 0 Å². The summed E-state index contributed by atoms with van der Waals surface area (Å²) in [6, 6.07) is 11.5. The van der Waals surface area contributed by atoms with Gasteiger partial charge >= 0.3 is 0 Å². The fourth-order valence-electron chi connectivity index (χ4n) is 3.60. The van der Waals surface area contributed by atoms with E-state index in [9.17, 15) is 9.59 Å². The molecule has 116 valence electrons. The van der Waals surface area contributed by atoms with Crippen molar-refractivity contribution in [1.82, 2.24) is 10.3 Å². The first-order valence-electron chi connectivity index (χ1n) is 7.69. The van der Waals surface area contributed by atoms with Crippen LogP contribution in [0.3, 0.4) is 0 Å². The van der Waals surface area contributed by atoms with Gasteiger partial charge in [-0.1, -0.05) is 24.3 Å². The highest BCUT2D eigenvalue weighted by atomic mass is 16.2. The number of pyridine rings is 1. The molecule has 1 saturated carbocycles. The van der Waals surface area contributed by atoms with Crippen LogP contribution in [0.25, 0.3) is 0 Å². The zero-order valence-corrected chi connectivity index (χ0v) is 12.8. The SMILES string of the molecule is CN1C(=O)[C@]2(C[C@H]2C(=O)NCc2cccnc2)c2ccccc21. The van der Waals surface area contributed by atoms with E-state index in [1.165, 1.54) is 0 Å². The molecule has 1 spiro atoms. The Balaban J connectivity index is 1.53. The number of rotatable bonds is 3. The van der Waals surface area contributed by atoms with Gasteiger partial charge < -0.3 is 10.2 Å². The zero-order valence-electron chi connectivity index (χ0n) is 12.8. The lowest BCUT2D eigenvalue weighted by molar-refractivity contribution is -0.126. The van der Waals surface area contributed by atoms with E-state index in [1.807, 2.05) is 36.4 Å². The third-order valence-electron chi connectivity index (χ3n) is 4.90. The molecule has 1 aliphatic carbocycles. The van der Waals surface area contributed by atoms with Gasteiger partial charge in [0.25, 0.3) is 0 Å². The second-order valence-electron chi connectivity index (χ2n) is 6.19. The zero-order chi connectivity index (χ0) is 16.0. The molecular weight excluding hydrogens is 290 g/mol. The number of carbonyl (C=O) groups is 2. The van der Waals surface area contributed by atoms with Crippen LogP contribution in [-0.2, 0) is 21.5 Å². The molecule has 2 heterocycles. The fraction of sp³-hybridized carbons (Fsp3) is 0.278. The Morgan fingerprint density at radius 3 is 2.96 bits per heavy atom. The summed E-state index contributed by atoms with van der Waals surface area (Å²) < 4.78 is 0. The highest BCUT2D eigenvalue weighted by Gasteiger charge is 2.68. The Hall–Kier alpha value is -2.69. The second kappa shape index (κ2) is 4.91. The van der Waals surface area contributed by atoms with Crippen molar-refractivity contribution >= 4 is 17.5 Å². The van der Waals surface area contributed by atoms with Crippen molar-refractivity contribution in [2.24, 2.45) is 5.92 Å². The molecule has 1 N–H and O–H groups in total. The molecule has 1 aromatic carbocycles. The van der Waals surface area contributed by atoms with Crippen molar-refractivity contribution in [3.63, 3.8) is 0 Å². The molecule has 2 amide bonds. The molecule has 5 nitrogen and oxygen atoms in total. The largest absolute Gasteiger partial charge is 0.352 e. The molecule has 1 aliphatic heterocycles. The maximum atomic E-state index is 12.7. The first-order chi connectivity index (χ1) is 11.1. The molecule has 4 rings (SSSR count). The molecule has 5 heteroatoms. The van der Waals surface area contributed by atoms with Gasteiger partial charge in [-0.05, 0) is 29.7 Å². The number of aromatic nitrogens is 1. The van der Waals surface area contributed by atoms with Crippen molar-refractivity contribution in [2.45, 2.75) is 18.4 Å². The number of carbonyl (C=O) groups excluding carboxylic acids is 2. The lowest BCUT2D eigenvalue weighted by Crippen LogP contribution is -2.34. The predicted molar refractivity (Wildman–Crippen MR) is 85.7 cm³/mol. The van der Waals surface area contributed by atoms with Crippen molar-refractivity contribution in [3.05, 3.63) is 59.9 Å². The number of para-hydroxylation sites is 1. The smallest absolute Gasteiger partial charge is 0.238 e. The van der Waals surface area contributed by atoms with E-state index in [4.69, 9.17) is 0 Å². The summed E-state index contributed by atoms with van der Waals surface area (Å²) in [6.45, 7) is 0.435. The Kier molecular flexibility index (Phi) is 2.98. The number of benzene rings is 1. The van der Waals surface area contributed by atoms with Gasteiger partial charge in [-0.15, -0.1) is 0 Å². The molecule has 2 aromatic rings. The minimum atomic E-state index is -0.648. The topological polar surface area (TPSA) is 62.3 Å². The normalized spacial score (nSPS) is 24.7.